The largest absolute Gasteiger partial charge is 1.00 e. The minimum atomic E-state index is -4.66. The van der Waals surface area contributed by atoms with Gasteiger partial charge < -0.3 is 28.4 Å². The normalized spacial score (nSPS) is 15.3. The van der Waals surface area contributed by atoms with Crippen molar-refractivity contribution in [2.75, 3.05) is 23.8 Å². The van der Waals surface area contributed by atoms with Crippen molar-refractivity contribution in [3.63, 3.8) is 0 Å². The van der Waals surface area contributed by atoms with Gasteiger partial charge in [0.05, 0.1) is 27.6 Å². The summed E-state index contributed by atoms with van der Waals surface area (Å²) < 4.78 is 72.5. The van der Waals surface area contributed by atoms with Gasteiger partial charge >= 0.3 is 121 Å². The molecule has 1 saturated carbocycles. The van der Waals surface area contributed by atoms with Gasteiger partial charge in [-0.2, -0.15) is 17.5 Å². The van der Waals surface area contributed by atoms with Crippen molar-refractivity contribution < 1.29 is 161 Å². The Morgan fingerprint density at radius 1 is 0.793 bits per heavy atom. The number of carbonyl (C=O) groups is 4. The maximum absolute atomic E-state index is 13.8. The summed E-state index contributed by atoms with van der Waals surface area (Å²) in [6.07, 6.45) is -2.01. The fourth-order valence-electron chi connectivity index (χ4n) is 6.49. The Morgan fingerprint density at radius 2 is 1.40 bits per heavy atom. The summed E-state index contributed by atoms with van der Waals surface area (Å²) in [5, 5.41) is 23.7. The van der Waals surface area contributed by atoms with E-state index >= 15 is 0 Å². The van der Waals surface area contributed by atoms with E-state index in [1.807, 2.05) is 0 Å². The molecule has 1 aliphatic rings. The molecular formula is C40H42F3K2N3O9S. The number of aromatic carboxylic acids is 1. The number of hydrogen-bond donors (Lipinski definition) is 4. The van der Waals surface area contributed by atoms with E-state index in [1.165, 1.54) is 46.8 Å². The molecule has 0 aromatic heterocycles. The number of nitrogens with one attached hydrogen (secondary N) is 2. The van der Waals surface area contributed by atoms with Crippen molar-refractivity contribution in [1.82, 2.24) is 4.31 Å². The molecule has 300 valence electrons. The van der Waals surface area contributed by atoms with Crippen molar-refractivity contribution in [3.05, 3.63) is 119 Å². The van der Waals surface area contributed by atoms with Crippen LogP contribution in [0.15, 0.2) is 95.9 Å². The summed E-state index contributed by atoms with van der Waals surface area (Å²) in [5.74, 6) is -4.33. The average Bonchev–Trinajstić information content (AvgIpc) is 3.17. The predicted octanol–water partition coefficient (Wildman–Crippen LogP) is 1.50. The van der Waals surface area contributed by atoms with Crippen LogP contribution < -0.4 is 118 Å². The summed E-state index contributed by atoms with van der Waals surface area (Å²) in [4.78, 5) is 49.5. The first-order chi connectivity index (χ1) is 26.5. The van der Waals surface area contributed by atoms with E-state index in [9.17, 15) is 45.9 Å². The third-order valence-electron chi connectivity index (χ3n) is 9.47. The topological polar surface area (TPSA) is 179 Å². The first-order valence-electron chi connectivity index (χ1n) is 17.8. The number of hydrogen-bond acceptors (Lipinski definition) is 7. The minimum absolute atomic E-state index is 0. The molecule has 0 aliphatic heterocycles. The third kappa shape index (κ3) is 13.8. The quantitative estimate of drug-likeness (QED) is 0.129. The van der Waals surface area contributed by atoms with Gasteiger partial charge in [0.1, 0.15) is 5.75 Å². The smallest absolute Gasteiger partial charge is 1.00 e. The number of rotatable bonds is 15. The second kappa shape index (κ2) is 22.4. The number of sulfonamides is 1. The van der Waals surface area contributed by atoms with Crippen LogP contribution >= 0.6 is 0 Å². The molecule has 58 heavy (non-hydrogen) atoms. The summed E-state index contributed by atoms with van der Waals surface area (Å²) in [6.45, 7) is 0.171. The molecule has 4 N–H and O–H groups in total. The molecule has 12 nitrogen and oxygen atoms in total. The molecular weight excluding hydrogens is 834 g/mol. The molecule has 18 heteroatoms. The maximum Gasteiger partial charge on any atom is 1.00 e. The first kappa shape index (κ1) is 49.9. The summed E-state index contributed by atoms with van der Waals surface area (Å²) in [7, 11) is -4.11. The van der Waals surface area contributed by atoms with Crippen LogP contribution in [0, 0.1) is 5.92 Å². The van der Waals surface area contributed by atoms with Crippen molar-refractivity contribution in [1.29, 1.82) is 0 Å². The fraction of sp³-hybridized carbons (Fsp3) is 0.300. The number of amides is 2. The molecule has 2 amide bonds. The number of halogens is 3. The van der Waals surface area contributed by atoms with Gasteiger partial charge in [-0.15, -0.1) is 0 Å². The molecule has 0 atom stereocenters. The first-order valence-corrected chi connectivity index (χ1v) is 19.2. The van der Waals surface area contributed by atoms with E-state index in [4.69, 9.17) is 9.84 Å². The molecule has 0 unspecified atom stereocenters. The number of carboxylic acid groups (broad SMARTS) is 2. The van der Waals surface area contributed by atoms with Crippen LogP contribution in [0.4, 0.5) is 24.5 Å². The number of aliphatic carboxylic acids is 1. The van der Waals surface area contributed by atoms with Crippen LogP contribution in [-0.2, 0) is 27.7 Å². The van der Waals surface area contributed by atoms with Crippen molar-refractivity contribution in [3.8, 4) is 5.75 Å². The average molecular weight is 876 g/mol. The van der Waals surface area contributed by atoms with E-state index < -0.39 is 58.5 Å². The number of nitrogens with zero attached hydrogens (tertiary/aromatic N) is 1. The van der Waals surface area contributed by atoms with Crippen LogP contribution in [-0.4, -0.2) is 72.1 Å². The Labute approximate surface area is 422 Å². The van der Waals surface area contributed by atoms with Crippen LogP contribution in [0.1, 0.15) is 77.7 Å². The van der Waals surface area contributed by atoms with Gasteiger partial charge in [-0.25, -0.2) is 13.2 Å². The van der Waals surface area contributed by atoms with E-state index in [0.717, 1.165) is 23.3 Å². The minimum Gasteiger partial charge on any atom is -1.00 e. The Morgan fingerprint density at radius 3 is 1.95 bits per heavy atom. The third-order valence-corrected chi connectivity index (χ3v) is 11.5. The number of aryl methyl sites for hydroxylation is 2. The molecule has 4 aromatic rings. The van der Waals surface area contributed by atoms with Gasteiger partial charge in [-0.05, 0) is 110 Å². The number of benzene rings is 4. The Kier molecular flexibility index (Phi) is 19.3. The Bertz CT molecular complexity index is 2190. The second-order valence-corrected chi connectivity index (χ2v) is 15.2. The summed E-state index contributed by atoms with van der Waals surface area (Å²) in [5.41, 5.74) is 1.98. The predicted molar refractivity (Wildman–Crippen MR) is 203 cm³/mol. The van der Waals surface area contributed by atoms with Crippen LogP contribution in [0.2, 0.25) is 0 Å². The molecule has 1 aliphatic carbocycles. The van der Waals surface area contributed by atoms with Gasteiger partial charge in [0.15, 0.2) is 6.61 Å². The van der Waals surface area contributed by atoms with Crippen LogP contribution in [0.25, 0.3) is 0 Å². The zero-order valence-electron chi connectivity index (χ0n) is 34.2. The zero-order valence-corrected chi connectivity index (χ0v) is 39.3. The Balaban J connectivity index is 0.00000450. The molecule has 4 aromatic carbocycles. The SMILES string of the molecule is CCN(C1CCC(C(=O)O)CC1)S(=O)(=O)c1cccc(C(=O)Nc2ccc(OCC(F)(F)F)cc2C(=O)Nc2ccc(CCc3ccc(C(=O)O)cc3)cc2)c1.[H-].[H-].[K+].[K+]. The van der Waals surface area contributed by atoms with Gasteiger partial charge in [0.2, 0.25) is 10.0 Å². The monoisotopic (exact) mass is 875 g/mol. The number of anilines is 2. The molecule has 5 rings (SSSR count). The van der Waals surface area contributed by atoms with Gasteiger partial charge in [-0.3, -0.25) is 14.4 Å². The van der Waals surface area contributed by atoms with Gasteiger partial charge in [0.25, 0.3) is 11.8 Å². The number of ether oxygens (including phenoxy) is 1. The van der Waals surface area contributed by atoms with E-state index in [1.54, 1.807) is 43.3 Å². The van der Waals surface area contributed by atoms with Gasteiger partial charge in [0, 0.05) is 23.8 Å². The van der Waals surface area contributed by atoms with Gasteiger partial charge in [-0.1, -0.05) is 37.3 Å². The molecule has 0 spiro atoms. The second-order valence-electron chi connectivity index (χ2n) is 13.3. The molecule has 0 bridgehead atoms. The summed E-state index contributed by atoms with van der Waals surface area (Å²) in [6, 6.07) is 21.6. The van der Waals surface area contributed by atoms with E-state index in [0.29, 0.717) is 44.2 Å². The van der Waals surface area contributed by atoms with Crippen LogP contribution in [0.5, 0.6) is 5.75 Å². The zero-order chi connectivity index (χ0) is 40.6. The fourth-order valence-corrected chi connectivity index (χ4v) is 8.23. The molecule has 0 heterocycles. The number of alkyl halides is 3. The molecule has 0 radical (unpaired) electrons. The summed E-state index contributed by atoms with van der Waals surface area (Å²) >= 11 is 0. The van der Waals surface area contributed by atoms with E-state index in [2.05, 4.69) is 10.6 Å². The maximum atomic E-state index is 13.8. The standard InChI is InChI=1S/C40H40F3N3O9S.2K.2H/c1-2-46(31-18-14-28(15-19-31)39(51)52)56(53,54)33-5-3-4-29(22-33)36(47)45-35-21-20-32(55-24-40(41,42)43)23-34(35)37(48)44-30-16-10-26(11-17-30)7-6-25-8-12-27(13-9-25)38(49)50;;;;/h3-5,8-13,16-17,20-23,28,31H,2,6-7,14-15,18-19,24H2,1H3,(H,44,48)(H,45,47)(H,49,50)(H,51,52);;;;/q;2*+1;2*-1. The van der Waals surface area contributed by atoms with Crippen molar-refractivity contribution >= 4 is 45.2 Å². The Hall–Kier alpha value is -2.47. The van der Waals surface area contributed by atoms with Crippen LogP contribution in [0.3, 0.4) is 0 Å². The van der Waals surface area contributed by atoms with E-state index in [-0.39, 0.29) is 145 Å². The van der Waals surface area contributed by atoms with Crippen molar-refractivity contribution in [2.45, 2.75) is 62.6 Å². The molecule has 0 saturated heterocycles. The number of carbonyl (C=O) groups excluding carboxylic acids is 2. The number of carboxylic acids is 2. The molecule has 1 fully saturated rings. The van der Waals surface area contributed by atoms with Crippen molar-refractivity contribution in [2.24, 2.45) is 5.92 Å².